The predicted octanol–water partition coefficient (Wildman–Crippen LogP) is 1.04. The maximum atomic E-state index is 5.49. The van der Waals surface area contributed by atoms with Crippen LogP contribution in [0.4, 0.5) is 5.82 Å². The minimum Gasteiger partial charge on any atom is -0.353 e. The Kier molecular flexibility index (Phi) is 4.32. The van der Waals surface area contributed by atoms with Crippen molar-refractivity contribution in [3.8, 4) is 0 Å². The molecule has 0 radical (unpaired) electrons. The third-order valence-corrected chi connectivity index (χ3v) is 2.07. The zero-order chi connectivity index (χ0) is 10.4. The highest BCUT2D eigenvalue weighted by molar-refractivity contribution is 5.35. The third kappa shape index (κ3) is 2.96. The summed E-state index contributed by atoms with van der Waals surface area (Å²) < 4.78 is 0. The second kappa shape index (κ2) is 5.54. The standard InChI is InChI=1S/C10H18N4/c1-9(2)14(7-3-4-11)10-8-12-5-6-13-10/h5-6,8-9H,3-4,7,11H2,1-2H3. The number of aromatic nitrogens is 2. The largest absolute Gasteiger partial charge is 0.353 e. The second-order valence-corrected chi connectivity index (χ2v) is 3.49. The molecule has 14 heavy (non-hydrogen) atoms. The Hall–Kier alpha value is -1.16. The number of hydrogen-bond acceptors (Lipinski definition) is 4. The van der Waals surface area contributed by atoms with Gasteiger partial charge in [0.05, 0.1) is 6.20 Å². The van der Waals surface area contributed by atoms with Crippen LogP contribution in [0.3, 0.4) is 0 Å². The van der Waals surface area contributed by atoms with Crippen molar-refractivity contribution >= 4 is 5.82 Å². The molecule has 0 saturated carbocycles. The van der Waals surface area contributed by atoms with Crippen molar-refractivity contribution in [1.29, 1.82) is 0 Å². The normalized spacial score (nSPS) is 10.6. The third-order valence-electron chi connectivity index (χ3n) is 2.07. The van der Waals surface area contributed by atoms with Crippen LogP contribution in [0.15, 0.2) is 18.6 Å². The van der Waals surface area contributed by atoms with Crippen LogP contribution in [0.2, 0.25) is 0 Å². The molecule has 0 spiro atoms. The van der Waals surface area contributed by atoms with Gasteiger partial charge in [0.25, 0.3) is 0 Å². The lowest BCUT2D eigenvalue weighted by molar-refractivity contribution is 0.647. The molecular formula is C10H18N4. The maximum Gasteiger partial charge on any atom is 0.147 e. The van der Waals surface area contributed by atoms with Crippen LogP contribution in [0.1, 0.15) is 20.3 Å². The van der Waals surface area contributed by atoms with Crippen molar-refractivity contribution < 1.29 is 0 Å². The Balaban J connectivity index is 2.68. The monoisotopic (exact) mass is 194 g/mol. The van der Waals surface area contributed by atoms with Crippen molar-refractivity contribution in [2.24, 2.45) is 5.73 Å². The van der Waals surface area contributed by atoms with Gasteiger partial charge in [-0.2, -0.15) is 0 Å². The summed E-state index contributed by atoms with van der Waals surface area (Å²) in [6.45, 7) is 5.94. The van der Waals surface area contributed by atoms with E-state index < -0.39 is 0 Å². The van der Waals surface area contributed by atoms with E-state index in [-0.39, 0.29) is 0 Å². The molecule has 0 amide bonds. The first-order chi connectivity index (χ1) is 6.75. The number of hydrogen-bond donors (Lipinski definition) is 1. The van der Waals surface area contributed by atoms with Crippen LogP contribution < -0.4 is 10.6 Å². The van der Waals surface area contributed by atoms with Crippen LogP contribution in [-0.2, 0) is 0 Å². The summed E-state index contributed by atoms with van der Waals surface area (Å²) in [6, 6.07) is 0.429. The minimum atomic E-state index is 0.429. The lowest BCUT2D eigenvalue weighted by atomic mass is 10.3. The molecule has 1 aromatic rings. The maximum absolute atomic E-state index is 5.49. The van der Waals surface area contributed by atoms with Crippen molar-refractivity contribution in [1.82, 2.24) is 9.97 Å². The van der Waals surface area contributed by atoms with Gasteiger partial charge in [-0.25, -0.2) is 4.98 Å². The number of anilines is 1. The van der Waals surface area contributed by atoms with Crippen molar-refractivity contribution in [3.05, 3.63) is 18.6 Å². The molecule has 0 atom stereocenters. The molecule has 78 valence electrons. The van der Waals surface area contributed by atoms with Crippen LogP contribution in [0.25, 0.3) is 0 Å². The Morgan fingerprint density at radius 2 is 2.21 bits per heavy atom. The van der Waals surface area contributed by atoms with Crippen LogP contribution >= 0.6 is 0 Å². The molecule has 0 bridgehead atoms. The van der Waals surface area contributed by atoms with Gasteiger partial charge < -0.3 is 10.6 Å². The quantitative estimate of drug-likeness (QED) is 0.761. The first-order valence-corrected chi connectivity index (χ1v) is 4.98. The second-order valence-electron chi connectivity index (χ2n) is 3.49. The Labute approximate surface area is 85.2 Å². The van der Waals surface area contributed by atoms with Gasteiger partial charge in [-0.3, -0.25) is 4.98 Å². The van der Waals surface area contributed by atoms with Crippen LogP contribution in [0.5, 0.6) is 0 Å². The van der Waals surface area contributed by atoms with Gasteiger partial charge in [-0.05, 0) is 26.8 Å². The van der Waals surface area contributed by atoms with Gasteiger partial charge in [0.2, 0.25) is 0 Å². The molecule has 1 rings (SSSR count). The van der Waals surface area contributed by atoms with E-state index in [0.717, 1.165) is 18.8 Å². The van der Waals surface area contributed by atoms with E-state index in [1.165, 1.54) is 0 Å². The van der Waals surface area contributed by atoms with Gasteiger partial charge >= 0.3 is 0 Å². The summed E-state index contributed by atoms with van der Waals surface area (Å²) >= 11 is 0. The van der Waals surface area contributed by atoms with Gasteiger partial charge in [-0.15, -0.1) is 0 Å². The lowest BCUT2D eigenvalue weighted by Gasteiger charge is -2.27. The highest BCUT2D eigenvalue weighted by atomic mass is 15.2. The molecule has 0 saturated heterocycles. The Bertz CT molecular complexity index is 248. The van der Waals surface area contributed by atoms with Gasteiger partial charge in [0, 0.05) is 25.0 Å². The van der Waals surface area contributed by atoms with Crippen molar-refractivity contribution in [2.45, 2.75) is 26.3 Å². The summed E-state index contributed by atoms with van der Waals surface area (Å²) in [5, 5.41) is 0. The predicted molar refractivity (Wildman–Crippen MR) is 58.2 cm³/mol. The SMILES string of the molecule is CC(C)N(CCCN)c1cnccn1. The topological polar surface area (TPSA) is 55.0 Å². The Morgan fingerprint density at radius 3 is 2.71 bits per heavy atom. The summed E-state index contributed by atoms with van der Waals surface area (Å²) in [4.78, 5) is 10.5. The van der Waals surface area contributed by atoms with Gasteiger partial charge in [0.1, 0.15) is 5.82 Å². The number of nitrogens with two attached hydrogens (primary N) is 1. The molecule has 1 heterocycles. The van der Waals surface area contributed by atoms with Gasteiger partial charge in [0.15, 0.2) is 0 Å². The van der Waals surface area contributed by atoms with E-state index in [1.807, 2.05) is 0 Å². The molecule has 4 heteroatoms. The minimum absolute atomic E-state index is 0.429. The van der Waals surface area contributed by atoms with Crippen molar-refractivity contribution in [3.63, 3.8) is 0 Å². The summed E-state index contributed by atoms with van der Waals surface area (Å²) in [7, 11) is 0. The molecule has 0 unspecified atom stereocenters. The van der Waals surface area contributed by atoms with E-state index in [9.17, 15) is 0 Å². The highest BCUT2D eigenvalue weighted by Crippen LogP contribution is 2.11. The molecular weight excluding hydrogens is 176 g/mol. The van der Waals surface area contributed by atoms with E-state index >= 15 is 0 Å². The first kappa shape index (κ1) is 10.9. The van der Waals surface area contributed by atoms with Crippen molar-refractivity contribution in [2.75, 3.05) is 18.0 Å². The highest BCUT2D eigenvalue weighted by Gasteiger charge is 2.10. The fourth-order valence-corrected chi connectivity index (χ4v) is 1.34. The molecule has 1 aromatic heterocycles. The number of nitrogens with zero attached hydrogens (tertiary/aromatic N) is 3. The van der Waals surface area contributed by atoms with E-state index in [0.29, 0.717) is 12.6 Å². The molecule has 2 N–H and O–H groups in total. The number of rotatable bonds is 5. The summed E-state index contributed by atoms with van der Waals surface area (Å²) in [5.41, 5.74) is 5.49. The summed E-state index contributed by atoms with van der Waals surface area (Å²) in [6.07, 6.45) is 6.17. The van der Waals surface area contributed by atoms with E-state index in [2.05, 4.69) is 28.7 Å². The molecule has 4 nitrogen and oxygen atoms in total. The fourth-order valence-electron chi connectivity index (χ4n) is 1.34. The molecule has 0 aliphatic rings. The lowest BCUT2D eigenvalue weighted by Crippen LogP contribution is -2.33. The average Bonchev–Trinajstić information content (AvgIpc) is 2.19. The Morgan fingerprint density at radius 1 is 1.43 bits per heavy atom. The van der Waals surface area contributed by atoms with Crippen LogP contribution in [0, 0.1) is 0 Å². The van der Waals surface area contributed by atoms with E-state index in [1.54, 1.807) is 18.6 Å². The first-order valence-electron chi connectivity index (χ1n) is 4.98. The van der Waals surface area contributed by atoms with E-state index in [4.69, 9.17) is 5.73 Å². The molecule has 0 aliphatic carbocycles. The summed E-state index contributed by atoms with van der Waals surface area (Å²) in [5.74, 6) is 0.927. The fraction of sp³-hybridized carbons (Fsp3) is 0.600. The average molecular weight is 194 g/mol. The zero-order valence-corrected chi connectivity index (χ0v) is 8.85. The molecule has 0 aliphatic heterocycles. The molecule has 0 aromatic carbocycles. The molecule has 0 fully saturated rings. The van der Waals surface area contributed by atoms with Gasteiger partial charge in [-0.1, -0.05) is 0 Å². The zero-order valence-electron chi connectivity index (χ0n) is 8.85. The smallest absolute Gasteiger partial charge is 0.147 e. The van der Waals surface area contributed by atoms with Crippen LogP contribution in [-0.4, -0.2) is 29.1 Å².